The number of ether oxygens (including phenoxy) is 1. The lowest BCUT2D eigenvalue weighted by atomic mass is 10.0. The van der Waals surface area contributed by atoms with Crippen molar-refractivity contribution < 1.29 is 9.53 Å². The number of halogens is 1. The second kappa shape index (κ2) is 9.62. The van der Waals surface area contributed by atoms with E-state index in [1.807, 2.05) is 43.0 Å². The zero-order chi connectivity index (χ0) is 23.7. The molecule has 1 unspecified atom stereocenters. The zero-order valence-electron chi connectivity index (χ0n) is 19.7. The monoisotopic (exact) mass is 465 g/mol. The number of likely N-dealkylation sites (tertiary alicyclic amines) is 1. The molecule has 2 aromatic carbocycles. The number of amides is 1. The number of carbonyl (C=O) groups is 1. The van der Waals surface area contributed by atoms with Crippen LogP contribution < -0.4 is 15.4 Å². The largest absolute Gasteiger partial charge is 0.490 e. The van der Waals surface area contributed by atoms with Crippen LogP contribution >= 0.6 is 11.6 Å². The number of hydrogen-bond acceptors (Lipinski definition) is 4. The van der Waals surface area contributed by atoms with Crippen LogP contribution in [0.25, 0.3) is 6.08 Å². The molecular weight excluding hydrogens is 434 g/mol. The van der Waals surface area contributed by atoms with Gasteiger partial charge in [0.15, 0.2) is 0 Å². The molecule has 2 aliphatic heterocycles. The summed E-state index contributed by atoms with van der Waals surface area (Å²) in [6.07, 6.45) is 4.03. The Kier molecular flexibility index (Phi) is 6.82. The van der Waals surface area contributed by atoms with Crippen molar-refractivity contribution in [3.05, 3.63) is 75.5 Å². The van der Waals surface area contributed by atoms with Gasteiger partial charge in [-0.15, -0.1) is 0 Å². The molecule has 2 aliphatic rings. The second-order valence-corrected chi connectivity index (χ2v) is 9.43. The van der Waals surface area contributed by atoms with Crippen LogP contribution in [-0.4, -0.2) is 43.1 Å². The van der Waals surface area contributed by atoms with Crippen LogP contribution in [0.5, 0.6) is 5.75 Å². The number of nitrogens with two attached hydrogens (primary N) is 1. The molecule has 5 nitrogen and oxygen atoms in total. The maximum absolute atomic E-state index is 13.1. The van der Waals surface area contributed by atoms with Crippen LogP contribution in [0.15, 0.2) is 48.2 Å². The van der Waals surface area contributed by atoms with Crippen molar-refractivity contribution in [2.24, 2.45) is 5.73 Å². The molecule has 33 heavy (non-hydrogen) atoms. The van der Waals surface area contributed by atoms with Crippen molar-refractivity contribution in [2.45, 2.75) is 39.7 Å². The Morgan fingerprint density at radius 2 is 2.06 bits per heavy atom. The third kappa shape index (κ3) is 4.80. The van der Waals surface area contributed by atoms with E-state index >= 15 is 0 Å². The highest BCUT2D eigenvalue weighted by atomic mass is 35.5. The van der Waals surface area contributed by atoms with Crippen LogP contribution in [0.1, 0.15) is 46.8 Å². The summed E-state index contributed by atoms with van der Waals surface area (Å²) in [6.45, 7) is 13.1. The predicted octanol–water partition coefficient (Wildman–Crippen LogP) is 5.34. The summed E-state index contributed by atoms with van der Waals surface area (Å²) >= 11 is 6.30. The molecule has 174 valence electrons. The van der Waals surface area contributed by atoms with Crippen LogP contribution in [0.4, 0.5) is 5.69 Å². The number of hydrogen-bond donors (Lipinski definition) is 1. The van der Waals surface area contributed by atoms with Crippen LogP contribution in [0, 0.1) is 13.8 Å². The molecule has 1 fully saturated rings. The summed E-state index contributed by atoms with van der Waals surface area (Å²) in [5.41, 5.74) is 12.8. The maximum atomic E-state index is 13.1. The van der Waals surface area contributed by atoms with E-state index in [1.54, 1.807) is 0 Å². The average Bonchev–Trinajstić information content (AvgIpc) is 2.80. The van der Waals surface area contributed by atoms with E-state index in [-0.39, 0.29) is 11.9 Å². The van der Waals surface area contributed by atoms with E-state index in [2.05, 4.69) is 30.5 Å². The van der Waals surface area contributed by atoms with Crippen molar-refractivity contribution in [3.63, 3.8) is 0 Å². The van der Waals surface area contributed by atoms with Gasteiger partial charge in [0.25, 0.3) is 5.91 Å². The Morgan fingerprint density at radius 1 is 1.27 bits per heavy atom. The van der Waals surface area contributed by atoms with E-state index in [0.717, 1.165) is 63.8 Å². The van der Waals surface area contributed by atoms with Gasteiger partial charge >= 0.3 is 0 Å². The van der Waals surface area contributed by atoms with Gasteiger partial charge in [0.05, 0.1) is 12.2 Å². The lowest BCUT2D eigenvalue weighted by Crippen LogP contribution is -2.45. The molecule has 0 aliphatic carbocycles. The maximum Gasteiger partial charge on any atom is 0.254 e. The van der Waals surface area contributed by atoms with Crippen molar-refractivity contribution in [1.29, 1.82) is 0 Å². The summed E-state index contributed by atoms with van der Waals surface area (Å²) in [6, 6.07) is 9.78. The number of piperidine rings is 1. The van der Waals surface area contributed by atoms with E-state index < -0.39 is 0 Å². The lowest BCUT2D eigenvalue weighted by molar-refractivity contribution is 0.0708. The van der Waals surface area contributed by atoms with Gasteiger partial charge in [-0.3, -0.25) is 4.79 Å². The first-order valence-electron chi connectivity index (χ1n) is 11.5. The standard InChI is InChI=1S/C27H32ClN3O2/c1-17(13-21-7-5-9-24(28)19(21)3)20(4)31-11-12-33-25-15-22(14-18(2)26(25)31)27(32)30-10-6-8-23(29)16-30/h5,7,9,13-15,23H,4,6,8,10-12,16,29H2,1-3H3/b17-13+. The molecule has 4 rings (SSSR count). The number of anilines is 1. The summed E-state index contributed by atoms with van der Waals surface area (Å²) in [4.78, 5) is 17.2. The summed E-state index contributed by atoms with van der Waals surface area (Å²) in [5, 5.41) is 0.751. The Labute approximate surface area is 201 Å². The molecule has 2 heterocycles. The number of carbonyl (C=O) groups excluding carboxylic acids is 1. The van der Waals surface area contributed by atoms with Crippen molar-refractivity contribution in [1.82, 2.24) is 4.90 Å². The van der Waals surface area contributed by atoms with E-state index in [4.69, 9.17) is 22.1 Å². The highest BCUT2D eigenvalue weighted by molar-refractivity contribution is 6.31. The molecule has 1 atom stereocenters. The number of nitrogens with zero attached hydrogens (tertiary/aromatic N) is 2. The number of allylic oxidation sites excluding steroid dienone is 1. The van der Waals surface area contributed by atoms with E-state index in [9.17, 15) is 4.79 Å². The van der Waals surface area contributed by atoms with Gasteiger partial charge in [-0.25, -0.2) is 0 Å². The Hall–Kier alpha value is -2.76. The van der Waals surface area contributed by atoms with Gasteiger partial charge < -0.3 is 20.3 Å². The first-order chi connectivity index (χ1) is 15.8. The van der Waals surface area contributed by atoms with Crippen LogP contribution in [0.2, 0.25) is 5.02 Å². The van der Waals surface area contributed by atoms with Gasteiger partial charge in [-0.2, -0.15) is 0 Å². The molecule has 1 amide bonds. The van der Waals surface area contributed by atoms with E-state index in [1.165, 1.54) is 0 Å². The molecule has 0 radical (unpaired) electrons. The smallest absolute Gasteiger partial charge is 0.254 e. The third-order valence-electron chi connectivity index (χ3n) is 6.56. The molecule has 1 saturated heterocycles. The predicted molar refractivity (Wildman–Crippen MR) is 136 cm³/mol. The molecule has 6 heteroatoms. The molecular formula is C27H32ClN3O2. The van der Waals surface area contributed by atoms with E-state index in [0.29, 0.717) is 25.3 Å². The van der Waals surface area contributed by atoms with Crippen molar-refractivity contribution >= 4 is 29.3 Å². The zero-order valence-corrected chi connectivity index (χ0v) is 20.4. The Morgan fingerprint density at radius 3 is 2.82 bits per heavy atom. The minimum absolute atomic E-state index is 0.0168. The van der Waals surface area contributed by atoms with Gasteiger partial charge in [0.2, 0.25) is 0 Å². The number of rotatable bonds is 4. The fraction of sp³-hybridized carbons (Fsp3) is 0.370. The molecule has 2 N–H and O–H groups in total. The Balaban J connectivity index is 1.62. The normalized spacial score (nSPS) is 18.6. The second-order valence-electron chi connectivity index (χ2n) is 9.02. The van der Waals surface area contributed by atoms with Crippen molar-refractivity contribution in [3.8, 4) is 5.75 Å². The fourth-order valence-electron chi connectivity index (χ4n) is 4.64. The molecule has 0 bridgehead atoms. The summed E-state index contributed by atoms with van der Waals surface area (Å²) < 4.78 is 6.00. The van der Waals surface area contributed by atoms with Crippen LogP contribution in [0.3, 0.4) is 0 Å². The minimum Gasteiger partial charge on any atom is -0.490 e. The molecule has 0 aromatic heterocycles. The minimum atomic E-state index is 0.0168. The lowest BCUT2D eigenvalue weighted by Gasteiger charge is -2.35. The SMILES string of the molecule is C=C(/C(C)=C/c1cccc(Cl)c1C)N1CCOc2cc(C(=O)N3CCCC(N)C3)cc(C)c21. The molecule has 0 spiro atoms. The van der Waals surface area contributed by atoms with Crippen LogP contribution in [-0.2, 0) is 0 Å². The average molecular weight is 466 g/mol. The highest BCUT2D eigenvalue weighted by Crippen LogP contribution is 2.39. The van der Waals surface area contributed by atoms with Crippen molar-refractivity contribution in [2.75, 3.05) is 31.1 Å². The Bertz CT molecular complexity index is 1120. The highest BCUT2D eigenvalue weighted by Gasteiger charge is 2.27. The van der Waals surface area contributed by atoms with Gasteiger partial charge in [-0.05, 0) is 80.2 Å². The summed E-state index contributed by atoms with van der Waals surface area (Å²) in [7, 11) is 0. The topological polar surface area (TPSA) is 58.8 Å². The quantitative estimate of drug-likeness (QED) is 0.619. The number of benzene rings is 2. The number of aryl methyl sites for hydroxylation is 1. The third-order valence-corrected chi connectivity index (χ3v) is 6.97. The fourth-order valence-corrected chi connectivity index (χ4v) is 4.82. The first kappa shape index (κ1) is 23.4. The van der Waals surface area contributed by atoms with Gasteiger partial charge in [0.1, 0.15) is 12.4 Å². The van der Waals surface area contributed by atoms with Gasteiger partial charge in [0, 0.05) is 35.4 Å². The first-order valence-corrected chi connectivity index (χ1v) is 11.9. The molecule has 2 aromatic rings. The summed E-state index contributed by atoms with van der Waals surface area (Å²) in [5.74, 6) is 0.738. The molecule has 0 saturated carbocycles. The number of fused-ring (bicyclic) bond motifs is 1. The van der Waals surface area contributed by atoms with Gasteiger partial charge in [-0.1, -0.05) is 30.3 Å².